The number of carbonyl (C=O) groups excluding carboxylic acids is 2. The van der Waals surface area contributed by atoms with Crippen LogP contribution in [0.15, 0.2) is 43.0 Å². The van der Waals surface area contributed by atoms with Crippen LogP contribution in [0.1, 0.15) is 48.0 Å². The van der Waals surface area contributed by atoms with Gasteiger partial charge in [-0.05, 0) is 43.7 Å². The summed E-state index contributed by atoms with van der Waals surface area (Å²) < 4.78 is 0. The van der Waals surface area contributed by atoms with Crippen LogP contribution >= 0.6 is 0 Å². The molecule has 0 bridgehead atoms. The molecule has 31 heavy (non-hydrogen) atoms. The molecular weight excluding hydrogens is 392 g/mol. The van der Waals surface area contributed by atoms with Gasteiger partial charge in [0.15, 0.2) is 0 Å². The highest BCUT2D eigenvalue weighted by Crippen LogP contribution is 2.32. The van der Waals surface area contributed by atoms with Crippen molar-refractivity contribution in [2.24, 2.45) is 0 Å². The molecule has 1 aromatic carbocycles. The highest BCUT2D eigenvalue weighted by atomic mass is 16.2. The molecule has 5 rings (SSSR count). The molecule has 1 aromatic heterocycles. The average Bonchev–Trinajstić information content (AvgIpc) is 2.84. The Kier molecular flexibility index (Phi) is 5.55. The third-order valence-corrected chi connectivity index (χ3v) is 6.73. The van der Waals surface area contributed by atoms with Crippen molar-refractivity contribution >= 4 is 17.6 Å². The number of hydrogen-bond donors (Lipinski definition) is 1. The number of piperidine rings is 2. The number of urea groups is 1. The quantitative estimate of drug-likeness (QED) is 0.826. The number of benzene rings is 1. The zero-order valence-electron chi connectivity index (χ0n) is 17.6. The number of likely N-dealkylation sites (tertiary alicyclic amines) is 2. The molecule has 0 saturated carbocycles. The lowest BCUT2D eigenvalue weighted by Gasteiger charge is -2.47. The molecule has 0 radical (unpaired) electrons. The molecule has 162 valence electrons. The topological polar surface area (TPSA) is 81.7 Å². The van der Waals surface area contributed by atoms with Gasteiger partial charge in [0, 0.05) is 44.6 Å². The van der Waals surface area contributed by atoms with Crippen LogP contribution in [0.25, 0.3) is 0 Å². The fraction of sp³-hybridized carbons (Fsp3) is 0.478. The highest BCUT2D eigenvalue weighted by Gasteiger charge is 2.37. The van der Waals surface area contributed by atoms with Crippen molar-refractivity contribution in [3.05, 3.63) is 54.1 Å². The number of hydrogen-bond acceptors (Lipinski definition) is 5. The zero-order valence-corrected chi connectivity index (χ0v) is 17.6. The van der Waals surface area contributed by atoms with Gasteiger partial charge in [-0.25, -0.2) is 14.8 Å². The third kappa shape index (κ3) is 3.87. The van der Waals surface area contributed by atoms with Crippen LogP contribution in [0.3, 0.4) is 0 Å². The number of rotatable bonds is 3. The number of anilines is 1. The SMILES string of the molecule is O=C(c1cncnc1)N1CCCCC1N1CCC(N2C(=O)NCc3ccccc32)CC1. The molecule has 3 amide bonds. The summed E-state index contributed by atoms with van der Waals surface area (Å²) in [5, 5.41) is 3.01. The van der Waals surface area contributed by atoms with Gasteiger partial charge < -0.3 is 10.2 Å². The molecule has 2 saturated heterocycles. The summed E-state index contributed by atoms with van der Waals surface area (Å²) in [4.78, 5) is 40.2. The van der Waals surface area contributed by atoms with Crippen molar-refractivity contribution in [1.29, 1.82) is 0 Å². The van der Waals surface area contributed by atoms with Gasteiger partial charge >= 0.3 is 6.03 Å². The van der Waals surface area contributed by atoms with Crippen LogP contribution in [0.5, 0.6) is 0 Å². The van der Waals surface area contributed by atoms with Gasteiger partial charge in [-0.3, -0.25) is 14.6 Å². The smallest absolute Gasteiger partial charge is 0.322 e. The number of amides is 3. The minimum atomic E-state index is -0.00398. The van der Waals surface area contributed by atoms with Crippen LogP contribution in [0.4, 0.5) is 10.5 Å². The number of para-hydroxylation sites is 1. The van der Waals surface area contributed by atoms with Crippen LogP contribution in [0.2, 0.25) is 0 Å². The molecule has 2 fully saturated rings. The molecule has 8 heteroatoms. The molecule has 1 N–H and O–H groups in total. The Bertz CT molecular complexity index is 944. The van der Waals surface area contributed by atoms with Gasteiger partial charge in [0.1, 0.15) is 6.33 Å². The predicted octanol–water partition coefficient (Wildman–Crippen LogP) is 2.62. The van der Waals surface area contributed by atoms with Gasteiger partial charge in [-0.1, -0.05) is 18.2 Å². The average molecular weight is 421 g/mol. The zero-order chi connectivity index (χ0) is 21.2. The molecule has 2 aromatic rings. The Labute approximate surface area is 182 Å². The normalized spacial score (nSPS) is 22.7. The molecule has 4 heterocycles. The van der Waals surface area contributed by atoms with Crippen LogP contribution < -0.4 is 10.2 Å². The molecule has 1 unspecified atom stereocenters. The van der Waals surface area contributed by atoms with Gasteiger partial charge in [0.25, 0.3) is 5.91 Å². The summed E-state index contributed by atoms with van der Waals surface area (Å²) >= 11 is 0. The molecule has 0 spiro atoms. The number of fused-ring (bicyclic) bond motifs is 1. The monoisotopic (exact) mass is 420 g/mol. The molecule has 1 atom stereocenters. The molecule has 3 aliphatic rings. The Hall–Kier alpha value is -3.00. The maximum atomic E-state index is 13.1. The summed E-state index contributed by atoms with van der Waals surface area (Å²) in [5.41, 5.74) is 2.74. The summed E-state index contributed by atoms with van der Waals surface area (Å²) in [6.45, 7) is 3.10. The lowest BCUT2D eigenvalue weighted by Crippen LogP contribution is -2.58. The summed E-state index contributed by atoms with van der Waals surface area (Å²) in [6, 6.07) is 8.31. The van der Waals surface area contributed by atoms with Crippen LogP contribution in [-0.2, 0) is 6.54 Å². The number of carbonyl (C=O) groups is 2. The first-order valence-corrected chi connectivity index (χ1v) is 11.2. The van der Waals surface area contributed by atoms with E-state index in [9.17, 15) is 9.59 Å². The second-order valence-electron chi connectivity index (χ2n) is 8.53. The minimum absolute atomic E-state index is 0.00398. The maximum absolute atomic E-state index is 13.1. The highest BCUT2D eigenvalue weighted by molar-refractivity contribution is 5.95. The van der Waals surface area contributed by atoms with E-state index in [0.29, 0.717) is 12.1 Å². The van der Waals surface area contributed by atoms with Crippen molar-refractivity contribution in [2.45, 2.75) is 50.9 Å². The molecular formula is C23H28N6O2. The van der Waals surface area contributed by atoms with E-state index in [4.69, 9.17) is 0 Å². The third-order valence-electron chi connectivity index (χ3n) is 6.73. The van der Waals surface area contributed by atoms with E-state index in [2.05, 4.69) is 26.3 Å². The summed E-state index contributed by atoms with van der Waals surface area (Å²) in [7, 11) is 0. The predicted molar refractivity (Wildman–Crippen MR) is 116 cm³/mol. The largest absolute Gasteiger partial charge is 0.334 e. The van der Waals surface area contributed by atoms with Gasteiger partial charge in [0.05, 0.1) is 17.4 Å². The van der Waals surface area contributed by atoms with Gasteiger partial charge in [-0.15, -0.1) is 0 Å². The Morgan fingerprint density at radius 1 is 1.00 bits per heavy atom. The van der Waals surface area contributed by atoms with E-state index in [-0.39, 0.29) is 24.1 Å². The lowest BCUT2D eigenvalue weighted by molar-refractivity contribution is 0.00461. The van der Waals surface area contributed by atoms with Crippen LogP contribution in [0, 0.1) is 0 Å². The van der Waals surface area contributed by atoms with E-state index >= 15 is 0 Å². The van der Waals surface area contributed by atoms with Crippen molar-refractivity contribution in [2.75, 3.05) is 24.5 Å². The first-order chi connectivity index (χ1) is 15.2. The molecule has 8 nitrogen and oxygen atoms in total. The standard InChI is InChI=1S/C23H28N6O2/c30-22(18-13-24-16-25-14-18)28-10-4-3-7-21(28)27-11-8-19(9-12-27)29-20-6-2-1-5-17(20)15-26-23(29)31/h1-2,5-6,13-14,16,19,21H,3-4,7-12,15H2,(H,26,31). The number of nitrogens with one attached hydrogen (secondary N) is 1. The Balaban J connectivity index is 1.29. The van der Waals surface area contributed by atoms with Crippen LogP contribution in [-0.4, -0.2) is 63.5 Å². The van der Waals surface area contributed by atoms with E-state index in [1.165, 1.54) is 11.9 Å². The van der Waals surface area contributed by atoms with Gasteiger partial charge in [0.2, 0.25) is 0 Å². The minimum Gasteiger partial charge on any atom is -0.334 e. The van der Waals surface area contributed by atoms with E-state index < -0.39 is 0 Å². The number of aromatic nitrogens is 2. The van der Waals surface area contributed by atoms with E-state index in [1.807, 2.05) is 28.0 Å². The van der Waals surface area contributed by atoms with Crippen molar-refractivity contribution < 1.29 is 9.59 Å². The van der Waals surface area contributed by atoms with Crippen molar-refractivity contribution in [3.63, 3.8) is 0 Å². The molecule has 0 aliphatic carbocycles. The summed E-state index contributed by atoms with van der Waals surface area (Å²) in [6.07, 6.45) is 9.67. The first-order valence-electron chi connectivity index (χ1n) is 11.2. The van der Waals surface area contributed by atoms with Crippen molar-refractivity contribution in [3.8, 4) is 0 Å². The Morgan fingerprint density at radius 2 is 1.77 bits per heavy atom. The Morgan fingerprint density at radius 3 is 2.58 bits per heavy atom. The number of nitrogens with zero attached hydrogens (tertiary/aromatic N) is 5. The first kappa shape index (κ1) is 19.9. The maximum Gasteiger partial charge on any atom is 0.322 e. The lowest BCUT2D eigenvalue weighted by atomic mass is 9.97. The fourth-order valence-electron chi connectivity index (χ4n) is 5.17. The van der Waals surface area contributed by atoms with E-state index in [0.717, 1.165) is 57.4 Å². The molecule has 3 aliphatic heterocycles. The van der Waals surface area contributed by atoms with Gasteiger partial charge in [-0.2, -0.15) is 0 Å². The fourth-order valence-corrected chi connectivity index (χ4v) is 5.17. The van der Waals surface area contributed by atoms with Crippen molar-refractivity contribution in [1.82, 2.24) is 25.1 Å². The second-order valence-corrected chi connectivity index (χ2v) is 8.53. The second kappa shape index (κ2) is 8.63. The van der Waals surface area contributed by atoms with E-state index in [1.54, 1.807) is 12.4 Å². The summed E-state index contributed by atoms with van der Waals surface area (Å²) in [5.74, 6) is 0.0109.